The molecule has 1 aliphatic heterocycles. The van der Waals surface area contributed by atoms with Gasteiger partial charge in [0.2, 0.25) is 11.8 Å². The van der Waals surface area contributed by atoms with Crippen molar-refractivity contribution >= 4 is 17.8 Å². The first-order valence-electron chi connectivity index (χ1n) is 5.05. The number of hydrogen-bond donors (Lipinski definition) is 4. The van der Waals surface area contributed by atoms with Gasteiger partial charge in [0.1, 0.15) is 6.04 Å². The molecule has 1 aliphatic rings. The van der Waals surface area contributed by atoms with Crippen LogP contribution in [0.4, 0.5) is 0 Å². The molecule has 0 aromatic rings. The summed E-state index contributed by atoms with van der Waals surface area (Å²) in [5.41, 5.74) is 4.89. The molecule has 2 amide bonds. The van der Waals surface area contributed by atoms with E-state index in [1.54, 1.807) is 0 Å². The van der Waals surface area contributed by atoms with Crippen molar-refractivity contribution in [3.63, 3.8) is 0 Å². The molecule has 0 bridgehead atoms. The van der Waals surface area contributed by atoms with Crippen LogP contribution < -0.4 is 16.4 Å². The second kappa shape index (κ2) is 5.45. The van der Waals surface area contributed by atoms with E-state index in [1.807, 2.05) is 0 Å². The summed E-state index contributed by atoms with van der Waals surface area (Å²) in [7, 11) is 0. The molecule has 7 heteroatoms. The van der Waals surface area contributed by atoms with Gasteiger partial charge in [-0.25, -0.2) is 4.79 Å². The number of amides is 2. The van der Waals surface area contributed by atoms with Crippen LogP contribution in [0.3, 0.4) is 0 Å². The summed E-state index contributed by atoms with van der Waals surface area (Å²) in [4.78, 5) is 32.9. The highest BCUT2D eigenvalue weighted by Gasteiger charge is 2.27. The molecular formula is C9H15N3O4. The number of carboxylic acids is 1. The Kier molecular flexibility index (Phi) is 4.24. The zero-order chi connectivity index (χ0) is 12.1. The first kappa shape index (κ1) is 12.4. The van der Waals surface area contributed by atoms with Gasteiger partial charge in [-0.05, 0) is 19.4 Å². The fraction of sp³-hybridized carbons (Fsp3) is 0.667. The Hall–Kier alpha value is -1.63. The standard InChI is InChI=1S/C9H15N3O4/c10-7(13)4-6(9(15)16)12-8(14)5-2-1-3-11-5/h5-6,11H,1-4H2,(H2,10,13)(H,12,14)(H,15,16)/t5-,6+/m0/s1. The highest BCUT2D eigenvalue weighted by Crippen LogP contribution is 2.05. The zero-order valence-corrected chi connectivity index (χ0v) is 8.73. The molecule has 0 spiro atoms. The smallest absolute Gasteiger partial charge is 0.326 e. The molecule has 0 radical (unpaired) electrons. The lowest BCUT2D eigenvalue weighted by Gasteiger charge is -2.16. The number of carboxylic acid groups (broad SMARTS) is 1. The number of hydrogen-bond acceptors (Lipinski definition) is 4. The van der Waals surface area contributed by atoms with Crippen LogP contribution in [0.1, 0.15) is 19.3 Å². The Labute approximate surface area is 92.4 Å². The Morgan fingerprint density at radius 1 is 1.50 bits per heavy atom. The molecular weight excluding hydrogens is 214 g/mol. The van der Waals surface area contributed by atoms with E-state index in [2.05, 4.69) is 10.6 Å². The SMILES string of the molecule is NC(=O)C[C@@H](NC(=O)[C@@H]1CCCN1)C(=O)O. The van der Waals surface area contributed by atoms with Crippen LogP contribution in [0.15, 0.2) is 0 Å². The number of carbonyl (C=O) groups is 3. The largest absolute Gasteiger partial charge is 0.480 e. The summed E-state index contributed by atoms with van der Waals surface area (Å²) >= 11 is 0. The van der Waals surface area contributed by atoms with Gasteiger partial charge >= 0.3 is 5.97 Å². The van der Waals surface area contributed by atoms with Crippen LogP contribution in [0.25, 0.3) is 0 Å². The molecule has 0 unspecified atom stereocenters. The normalized spacial score (nSPS) is 21.4. The fourth-order valence-corrected chi connectivity index (χ4v) is 1.58. The number of aliphatic carboxylic acids is 1. The summed E-state index contributed by atoms with van der Waals surface area (Å²) in [6.45, 7) is 0.742. The Morgan fingerprint density at radius 3 is 2.62 bits per heavy atom. The molecule has 16 heavy (non-hydrogen) atoms. The predicted octanol–water partition coefficient (Wildman–Crippen LogP) is -1.82. The highest BCUT2D eigenvalue weighted by atomic mass is 16.4. The average molecular weight is 229 g/mol. The second-order valence-electron chi connectivity index (χ2n) is 3.72. The van der Waals surface area contributed by atoms with E-state index in [1.165, 1.54) is 0 Å². The quantitative estimate of drug-likeness (QED) is 0.442. The van der Waals surface area contributed by atoms with Crippen molar-refractivity contribution < 1.29 is 19.5 Å². The summed E-state index contributed by atoms with van der Waals surface area (Å²) in [6.07, 6.45) is 1.16. The third kappa shape index (κ3) is 3.50. The highest BCUT2D eigenvalue weighted by molar-refractivity contribution is 5.90. The van der Waals surface area contributed by atoms with Crippen LogP contribution in [-0.4, -0.2) is 41.5 Å². The van der Waals surface area contributed by atoms with Crippen molar-refractivity contribution in [2.75, 3.05) is 6.54 Å². The van der Waals surface area contributed by atoms with E-state index in [0.29, 0.717) is 6.42 Å². The third-order valence-electron chi connectivity index (χ3n) is 2.40. The predicted molar refractivity (Wildman–Crippen MR) is 54.4 cm³/mol. The molecule has 0 saturated carbocycles. The Morgan fingerprint density at radius 2 is 2.19 bits per heavy atom. The molecule has 7 nitrogen and oxygen atoms in total. The molecule has 0 aromatic heterocycles. The van der Waals surface area contributed by atoms with E-state index < -0.39 is 30.2 Å². The van der Waals surface area contributed by atoms with Crippen molar-refractivity contribution in [1.29, 1.82) is 0 Å². The maximum absolute atomic E-state index is 11.6. The van der Waals surface area contributed by atoms with Crippen molar-refractivity contribution in [3.8, 4) is 0 Å². The molecule has 0 aromatic carbocycles. The summed E-state index contributed by atoms with van der Waals surface area (Å²) in [5.74, 6) is -2.41. The minimum Gasteiger partial charge on any atom is -0.480 e. The molecule has 1 fully saturated rings. The van der Waals surface area contributed by atoms with Gasteiger partial charge in [0, 0.05) is 0 Å². The van der Waals surface area contributed by atoms with Gasteiger partial charge in [0.05, 0.1) is 12.5 Å². The van der Waals surface area contributed by atoms with Crippen molar-refractivity contribution in [2.45, 2.75) is 31.3 Å². The Bertz CT molecular complexity index is 299. The zero-order valence-electron chi connectivity index (χ0n) is 8.73. The van der Waals surface area contributed by atoms with Crippen LogP contribution in [0.5, 0.6) is 0 Å². The van der Waals surface area contributed by atoms with Gasteiger partial charge in [-0.3, -0.25) is 9.59 Å². The number of rotatable bonds is 5. The lowest BCUT2D eigenvalue weighted by atomic mass is 10.1. The number of primary amides is 1. The van der Waals surface area contributed by atoms with E-state index >= 15 is 0 Å². The van der Waals surface area contributed by atoms with Gasteiger partial charge < -0.3 is 21.5 Å². The van der Waals surface area contributed by atoms with Gasteiger partial charge in [0.15, 0.2) is 0 Å². The third-order valence-corrected chi connectivity index (χ3v) is 2.40. The van der Waals surface area contributed by atoms with Crippen molar-refractivity contribution in [2.24, 2.45) is 5.73 Å². The van der Waals surface area contributed by atoms with E-state index in [0.717, 1.165) is 13.0 Å². The number of nitrogens with one attached hydrogen (secondary N) is 2. The molecule has 2 atom stereocenters. The van der Waals surface area contributed by atoms with Crippen LogP contribution >= 0.6 is 0 Å². The van der Waals surface area contributed by atoms with E-state index in [4.69, 9.17) is 10.8 Å². The van der Waals surface area contributed by atoms with E-state index in [-0.39, 0.29) is 6.04 Å². The summed E-state index contributed by atoms with van der Waals surface area (Å²) in [6, 6.07) is -1.61. The first-order valence-corrected chi connectivity index (χ1v) is 5.05. The van der Waals surface area contributed by atoms with Gasteiger partial charge in [-0.1, -0.05) is 0 Å². The molecule has 0 aliphatic carbocycles. The first-order chi connectivity index (χ1) is 7.50. The number of nitrogens with two attached hydrogens (primary N) is 1. The molecule has 1 rings (SSSR count). The summed E-state index contributed by atoms with van der Waals surface area (Å²) in [5, 5.41) is 14.0. The van der Waals surface area contributed by atoms with Gasteiger partial charge in [-0.15, -0.1) is 0 Å². The topological polar surface area (TPSA) is 122 Å². The molecule has 5 N–H and O–H groups in total. The van der Waals surface area contributed by atoms with Gasteiger partial charge in [0.25, 0.3) is 0 Å². The molecule has 1 saturated heterocycles. The lowest BCUT2D eigenvalue weighted by Crippen LogP contribution is -2.49. The average Bonchev–Trinajstić information content (AvgIpc) is 2.68. The maximum Gasteiger partial charge on any atom is 0.326 e. The summed E-state index contributed by atoms with van der Waals surface area (Å²) < 4.78 is 0. The second-order valence-corrected chi connectivity index (χ2v) is 3.72. The van der Waals surface area contributed by atoms with Crippen molar-refractivity contribution in [1.82, 2.24) is 10.6 Å². The van der Waals surface area contributed by atoms with Crippen LogP contribution in [-0.2, 0) is 14.4 Å². The minimum absolute atomic E-state index is 0.366. The van der Waals surface area contributed by atoms with Crippen LogP contribution in [0, 0.1) is 0 Å². The van der Waals surface area contributed by atoms with Crippen molar-refractivity contribution in [3.05, 3.63) is 0 Å². The molecule has 1 heterocycles. The molecule has 90 valence electrons. The van der Waals surface area contributed by atoms with E-state index in [9.17, 15) is 14.4 Å². The van der Waals surface area contributed by atoms with Gasteiger partial charge in [-0.2, -0.15) is 0 Å². The maximum atomic E-state index is 11.6. The number of carbonyl (C=O) groups excluding carboxylic acids is 2. The fourth-order valence-electron chi connectivity index (χ4n) is 1.58. The lowest BCUT2D eigenvalue weighted by molar-refractivity contribution is -0.143. The van der Waals surface area contributed by atoms with Crippen LogP contribution in [0.2, 0.25) is 0 Å². The minimum atomic E-state index is -1.26. The monoisotopic (exact) mass is 229 g/mol. The Balaban J connectivity index is 2.50.